The number of pyridine rings is 1. The van der Waals surface area contributed by atoms with Crippen molar-refractivity contribution in [1.29, 1.82) is 0 Å². The summed E-state index contributed by atoms with van der Waals surface area (Å²) in [6.07, 6.45) is -2.80. The van der Waals surface area contributed by atoms with E-state index in [4.69, 9.17) is 62.7 Å². The molecule has 0 bridgehead atoms. The summed E-state index contributed by atoms with van der Waals surface area (Å²) in [5, 5.41) is 53.4. The number of nitro benzene ring substituents is 2. The summed E-state index contributed by atoms with van der Waals surface area (Å²) in [5.41, 5.74) is -8.03. The fraction of sp³-hybridized carbons (Fsp3) is 0.341. The summed E-state index contributed by atoms with van der Waals surface area (Å²) >= 11 is 29.1. The second-order valence-electron chi connectivity index (χ2n) is 15.7. The van der Waals surface area contributed by atoms with Crippen LogP contribution in [0.25, 0.3) is 0 Å². The third-order valence-corrected chi connectivity index (χ3v) is 11.0. The number of ether oxygens (including phenoxy) is 1. The Hall–Kier alpha value is -5.56. The first-order chi connectivity index (χ1) is 32.1. The normalized spacial score (nSPS) is 13.5. The van der Waals surface area contributed by atoms with Crippen LogP contribution in [0.4, 0.5) is 49.2 Å². The highest BCUT2D eigenvalue weighted by Gasteiger charge is 2.43. The van der Waals surface area contributed by atoms with Crippen LogP contribution in [0.5, 0.6) is 5.75 Å². The Bertz CT molecular complexity index is 2680. The Labute approximate surface area is 413 Å². The third-order valence-electron chi connectivity index (χ3n) is 9.51. The first-order valence-electron chi connectivity index (χ1n) is 19.7. The van der Waals surface area contributed by atoms with Crippen molar-refractivity contribution in [2.24, 2.45) is 5.41 Å². The summed E-state index contributed by atoms with van der Waals surface area (Å²) in [5.74, 6) is -0.111. The Kier molecular flexibility index (Phi) is 19.0. The van der Waals surface area contributed by atoms with Crippen LogP contribution < -0.4 is 10.1 Å². The Morgan fingerprint density at radius 3 is 1.93 bits per heavy atom. The van der Waals surface area contributed by atoms with Gasteiger partial charge >= 0.3 is 23.7 Å². The van der Waals surface area contributed by atoms with Gasteiger partial charge in [0.05, 0.1) is 32.5 Å². The van der Waals surface area contributed by atoms with Gasteiger partial charge in [-0.05, 0) is 54.3 Å². The van der Waals surface area contributed by atoms with E-state index in [2.05, 4.69) is 32.1 Å². The molecule has 3 atom stereocenters. The maximum atomic E-state index is 13.0. The molecule has 3 N–H and O–H groups in total. The minimum Gasteiger partial charge on any atom is -0.466 e. The molecule has 69 heavy (non-hydrogen) atoms. The summed E-state index contributed by atoms with van der Waals surface area (Å²) in [7, 11) is 0. The average molecular weight is 1080 g/mol. The number of hydrogen-bond donors (Lipinski definition) is 3. The number of aliphatic hydroxyl groups excluding tert-OH is 1. The summed E-state index contributed by atoms with van der Waals surface area (Å²) in [6.45, 7) is 8.21. The van der Waals surface area contributed by atoms with Crippen LogP contribution in [0.3, 0.4) is 0 Å². The number of nitrogens with zero attached hydrogens (tertiary/aromatic N) is 9. The number of nitrogens with one attached hydrogen (secondary N) is 1. The summed E-state index contributed by atoms with van der Waals surface area (Å²) in [6, 6.07) is 12.4. The topological polar surface area (TPSA) is 222 Å². The van der Waals surface area contributed by atoms with Crippen LogP contribution in [0, 0.1) is 25.6 Å². The molecule has 372 valence electrons. The Balaban J connectivity index is 0.000000231. The van der Waals surface area contributed by atoms with E-state index in [-0.39, 0.29) is 17.7 Å². The number of hydrogen-bond acceptors (Lipinski definition) is 13. The van der Waals surface area contributed by atoms with E-state index in [9.17, 15) is 56.8 Å². The molecule has 0 aliphatic heterocycles. The van der Waals surface area contributed by atoms with E-state index < -0.39 is 84.2 Å². The van der Waals surface area contributed by atoms with Gasteiger partial charge < -0.3 is 20.3 Å². The fourth-order valence-corrected chi connectivity index (χ4v) is 7.24. The first-order valence-corrected chi connectivity index (χ1v) is 21.6. The van der Waals surface area contributed by atoms with Gasteiger partial charge in [-0.1, -0.05) is 105 Å². The van der Waals surface area contributed by atoms with Gasteiger partial charge in [-0.15, -0.1) is 0 Å². The fourth-order valence-electron chi connectivity index (χ4n) is 5.99. The second kappa shape index (κ2) is 23.4. The number of aliphatic hydroxyl groups is 2. The van der Waals surface area contributed by atoms with Crippen LogP contribution in [-0.2, 0) is 24.5 Å². The zero-order valence-corrected chi connectivity index (χ0v) is 40.0. The smallest absolute Gasteiger partial charge is 0.418 e. The largest absolute Gasteiger partial charge is 0.466 e. The molecule has 6 rings (SSSR count). The van der Waals surface area contributed by atoms with Crippen molar-refractivity contribution in [2.45, 2.75) is 83.8 Å². The molecule has 0 radical (unpaired) electrons. The number of nitro groups is 2. The average Bonchev–Trinajstić information content (AvgIpc) is 3.98. The number of benzene rings is 3. The van der Waals surface area contributed by atoms with E-state index in [1.165, 1.54) is 23.7 Å². The van der Waals surface area contributed by atoms with Gasteiger partial charge in [-0.3, -0.25) is 20.2 Å². The molecule has 17 nitrogen and oxygen atoms in total. The lowest BCUT2D eigenvalue weighted by Gasteiger charge is -2.32. The van der Waals surface area contributed by atoms with Gasteiger partial charge in [0, 0.05) is 32.9 Å². The maximum absolute atomic E-state index is 13.0. The molecule has 0 amide bonds. The molecule has 0 aliphatic rings. The Morgan fingerprint density at radius 1 is 0.812 bits per heavy atom. The number of aromatic nitrogens is 7. The van der Waals surface area contributed by atoms with Crippen LogP contribution in [0.1, 0.15) is 69.9 Å². The van der Waals surface area contributed by atoms with Crippen molar-refractivity contribution in [3.05, 3.63) is 148 Å². The molecular formula is C41H39Cl5F6N10O7. The molecule has 0 fully saturated rings. The van der Waals surface area contributed by atoms with Crippen LogP contribution >= 0.6 is 58.0 Å². The van der Waals surface area contributed by atoms with Gasteiger partial charge in [0.15, 0.2) is 5.69 Å². The van der Waals surface area contributed by atoms with E-state index in [1.807, 2.05) is 26.1 Å². The molecule has 6 aromatic rings. The number of rotatable bonds is 14. The van der Waals surface area contributed by atoms with E-state index in [1.54, 1.807) is 53.5 Å². The van der Waals surface area contributed by atoms with Gasteiger partial charge in [-0.25, -0.2) is 24.3 Å². The van der Waals surface area contributed by atoms with Crippen LogP contribution in [0.2, 0.25) is 25.1 Å². The van der Waals surface area contributed by atoms with Gasteiger partial charge in [0.1, 0.15) is 53.6 Å². The second-order valence-corrected chi connectivity index (χ2v) is 17.7. The number of halogens is 11. The molecular weight excluding hydrogens is 1040 g/mol. The monoisotopic (exact) mass is 1070 g/mol. The molecule has 28 heteroatoms. The minimum atomic E-state index is -5.27. The zero-order valence-electron chi connectivity index (χ0n) is 36.2. The van der Waals surface area contributed by atoms with E-state index >= 15 is 0 Å². The quantitative estimate of drug-likeness (QED) is 0.0525. The molecule has 3 heterocycles. The SMILES string of the molecule is CC(C)(C)C(O)C(Oc1ccc(Cl)cc1)n1cncn1.CCCCC(O)(Cn1cncn1)c1ccc(Cl)cc1Cl.O=[N+]([O-])c1cc(C(F)(F)F)c(Cl)c([N+](=O)[O-])c1Nc1ncc(C(F)(F)F)cc1Cl. The molecule has 0 spiro atoms. The molecule has 0 saturated carbocycles. The summed E-state index contributed by atoms with van der Waals surface area (Å²) < 4.78 is 86.0. The minimum absolute atomic E-state index is 0.0599. The molecule has 3 aromatic heterocycles. The lowest BCUT2D eigenvalue weighted by Crippen LogP contribution is -2.38. The van der Waals surface area contributed by atoms with Crippen molar-refractivity contribution < 1.29 is 51.1 Å². The van der Waals surface area contributed by atoms with Gasteiger partial charge in [0.2, 0.25) is 6.23 Å². The molecule has 0 aliphatic carbocycles. The zero-order chi connectivity index (χ0) is 51.6. The Morgan fingerprint density at radius 2 is 1.43 bits per heavy atom. The predicted molar refractivity (Wildman–Crippen MR) is 244 cm³/mol. The standard InChI is InChI=1S/C14H17Cl2N3O.C14H18ClN3O2.C13H4Cl2F6N4O4/c1-2-3-6-14(20,8-19-10-17-9-18-19)12-5-4-11(15)7-13(12)16;1-14(2,3)12(19)13(18-9-16-8-17-18)20-11-6-4-10(15)5-7-11;14-6-1-4(12(16,17)18)3-22-11(6)23-9-7(24(26)27)2-5(13(19,20)21)8(15)10(9)25(28)29/h4-5,7,9-10,20H,2-3,6,8H2,1H3;4-9,12-13,19H,1-3H3;1-3H,(H,22,23). The van der Waals surface area contributed by atoms with Crippen molar-refractivity contribution in [3.8, 4) is 5.75 Å². The van der Waals surface area contributed by atoms with Gasteiger partial charge in [0.25, 0.3) is 0 Å². The molecule has 0 saturated heterocycles. The van der Waals surface area contributed by atoms with Crippen molar-refractivity contribution in [1.82, 2.24) is 34.5 Å². The first kappa shape index (κ1) is 56.0. The summed E-state index contributed by atoms with van der Waals surface area (Å²) in [4.78, 5) is 30.7. The highest BCUT2D eigenvalue weighted by Crippen LogP contribution is 2.49. The lowest BCUT2D eigenvalue weighted by molar-refractivity contribution is -0.392. The van der Waals surface area contributed by atoms with Crippen molar-refractivity contribution >= 4 is 80.9 Å². The lowest BCUT2D eigenvalue weighted by atomic mass is 9.88. The third kappa shape index (κ3) is 15.2. The highest BCUT2D eigenvalue weighted by atomic mass is 35.5. The van der Waals surface area contributed by atoms with Crippen LogP contribution in [0.15, 0.2) is 86.1 Å². The number of anilines is 2. The molecule has 3 unspecified atom stereocenters. The molecule has 3 aromatic carbocycles. The number of alkyl halides is 6. The highest BCUT2D eigenvalue weighted by molar-refractivity contribution is 6.35. The van der Waals surface area contributed by atoms with Crippen molar-refractivity contribution in [3.63, 3.8) is 0 Å². The predicted octanol–water partition coefficient (Wildman–Crippen LogP) is 12.6. The van der Waals surface area contributed by atoms with Crippen molar-refractivity contribution in [2.75, 3.05) is 5.32 Å². The van der Waals surface area contributed by atoms with Gasteiger partial charge in [-0.2, -0.15) is 36.5 Å². The van der Waals surface area contributed by atoms with Crippen LogP contribution in [-0.4, -0.2) is 60.7 Å². The maximum Gasteiger partial charge on any atom is 0.418 e. The van der Waals surface area contributed by atoms with E-state index in [0.29, 0.717) is 45.4 Å². The van der Waals surface area contributed by atoms with E-state index in [0.717, 1.165) is 12.8 Å². The number of unbranched alkanes of at least 4 members (excludes halogenated alkanes) is 1.